The normalized spacial score (nSPS) is 12.0. The van der Waals surface area contributed by atoms with Crippen molar-refractivity contribution in [3.63, 3.8) is 0 Å². The molecular formula is C26H23ClN2O. The third-order valence-corrected chi connectivity index (χ3v) is 5.53. The van der Waals surface area contributed by atoms with Crippen molar-refractivity contribution >= 4 is 28.4 Å². The van der Waals surface area contributed by atoms with E-state index in [0.29, 0.717) is 10.6 Å². The number of rotatable bonds is 4. The van der Waals surface area contributed by atoms with Crippen LogP contribution in [0.3, 0.4) is 0 Å². The fraction of sp³-hybridized carbons (Fsp3) is 0.154. The van der Waals surface area contributed by atoms with E-state index in [0.717, 1.165) is 38.9 Å². The molecule has 0 unspecified atom stereocenters. The van der Waals surface area contributed by atoms with E-state index in [1.54, 1.807) is 0 Å². The second kappa shape index (κ2) is 8.29. The van der Waals surface area contributed by atoms with E-state index in [9.17, 15) is 4.79 Å². The number of nitrogens with zero attached hydrogens (tertiary/aromatic N) is 1. The number of aromatic nitrogens is 1. The van der Waals surface area contributed by atoms with Gasteiger partial charge >= 0.3 is 0 Å². The monoisotopic (exact) mass is 414 g/mol. The molecule has 4 aromatic rings. The van der Waals surface area contributed by atoms with Crippen LogP contribution in [0.1, 0.15) is 40.0 Å². The van der Waals surface area contributed by atoms with Gasteiger partial charge < -0.3 is 5.32 Å². The van der Waals surface area contributed by atoms with Gasteiger partial charge in [-0.3, -0.25) is 4.79 Å². The van der Waals surface area contributed by atoms with E-state index >= 15 is 0 Å². The number of carbonyl (C=O) groups is 1. The molecule has 0 aliphatic heterocycles. The number of amides is 1. The minimum absolute atomic E-state index is 0.105. The molecule has 0 saturated heterocycles. The Labute approximate surface area is 181 Å². The first-order chi connectivity index (χ1) is 14.4. The molecule has 0 aliphatic rings. The highest BCUT2D eigenvalue weighted by Gasteiger charge is 2.18. The average molecular weight is 415 g/mol. The molecule has 0 radical (unpaired) electrons. The molecule has 0 saturated carbocycles. The number of nitrogens with one attached hydrogen (secondary N) is 1. The van der Waals surface area contributed by atoms with Crippen molar-refractivity contribution in [3.8, 4) is 11.3 Å². The van der Waals surface area contributed by atoms with Gasteiger partial charge in [0.1, 0.15) is 0 Å². The van der Waals surface area contributed by atoms with Gasteiger partial charge in [0.25, 0.3) is 5.91 Å². The van der Waals surface area contributed by atoms with Crippen molar-refractivity contribution in [1.82, 2.24) is 10.3 Å². The second-order valence-corrected chi connectivity index (χ2v) is 8.08. The lowest BCUT2D eigenvalue weighted by molar-refractivity contribution is 0.0941. The molecule has 0 spiro atoms. The maximum absolute atomic E-state index is 13.3. The van der Waals surface area contributed by atoms with Crippen LogP contribution in [-0.2, 0) is 0 Å². The van der Waals surface area contributed by atoms with Crippen molar-refractivity contribution in [2.75, 3.05) is 0 Å². The molecule has 4 rings (SSSR count). The lowest BCUT2D eigenvalue weighted by Gasteiger charge is -2.17. The van der Waals surface area contributed by atoms with E-state index < -0.39 is 0 Å². The summed E-state index contributed by atoms with van der Waals surface area (Å²) in [6, 6.07) is 23.4. The Morgan fingerprint density at radius 2 is 1.67 bits per heavy atom. The highest BCUT2D eigenvalue weighted by Crippen LogP contribution is 2.29. The molecule has 150 valence electrons. The smallest absolute Gasteiger partial charge is 0.252 e. The summed E-state index contributed by atoms with van der Waals surface area (Å²) in [5.41, 5.74) is 6.35. The van der Waals surface area contributed by atoms with Gasteiger partial charge in [-0.1, -0.05) is 65.7 Å². The Balaban J connectivity index is 1.82. The Hall–Kier alpha value is -3.17. The third kappa shape index (κ3) is 4.07. The van der Waals surface area contributed by atoms with Gasteiger partial charge in [-0.25, -0.2) is 4.98 Å². The van der Waals surface area contributed by atoms with Crippen molar-refractivity contribution in [1.29, 1.82) is 0 Å². The van der Waals surface area contributed by atoms with Crippen LogP contribution in [0.5, 0.6) is 0 Å². The van der Waals surface area contributed by atoms with E-state index in [1.165, 1.54) is 0 Å². The summed E-state index contributed by atoms with van der Waals surface area (Å²) in [4.78, 5) is 18.2. The molecular weight excluding hydrogens is 392 g/mol. The maximum Gasteiger partial charge on any atom is 0.252 e. The van der Waals surface area contributed by atoms with Crippen LogP contribution in [0.25, 0.3) is 22.2 Å². The molecule has 0 fully saturated rings. The van der Waals surface area contributed by atoms with Crippen molar-refractivity contribution in [2.45, 2.75) is 26.8 Å². The molecule has 1 amide bonds. The van der Waals surface area contributed by atoms with Gasteiger partial charge in [-0.2, -0.15) is 0 Å². The van der Waals surface area contributed by atoms with Crippen molar-refractivity contribution < 1.29 is 4.79 Å². The number of pyridine rings is 1. The largest absolute Gasteiger partial charge is 0.345 e. The SMILES string of the molecule is Cc1cc(C)c2nc(-c3ccc(Cl)cc3)cc(C(=O)N[C@H](C)c3ccccc3)c2c1. The maximum atomic E-state index is 13.3. The summed E-state index contributed by atoms with van der Waals surface area (Å²) in [5, 5.41) is 4.67. The Bertz CT molecular complexity index is 1220. The van der Waals surface area contributed by atoms with Gasteiger partial charge in [0.05, 0.1) is 22.8 Å². The Kier molecular flexibility index (Phi) is 5.56. The first kappa shape index (κ1) is 20.1. The number of carbonyl (C=O) groups excluding carboxylic acids is 1. The predicted molar refractivity (Wildman–Crippen MR) is 124 cm³/mol. The lowest BCUT2D eigenvalue weighted by atomic mass is 9.99. The lowest BCUT2D eigenvalue weighted by Crippen LogP contribution is -2.27. The van der Waals surface area contributed by atoms with Crippen LogP contribution in [0, 0.1) is 13.8 Å². The number of fused-ring (bicyclic) bond motifs is 1. The summed E-state index contributed by atoms with van der Waals surface area (Å²) in [6.07, 6.45) is 0. The second-order valence-electron chi connectivity index (χ2n) is 7.65. The van der Waals surface area contributed by atoms with Gasteiger partial charge in [0, 0.05) is 16.0 Å². The van der Waals surface area contributed by atoms with Crippen LogP contribution >= 0.6 is 11.6 Å². The summed E-state index contributed by atoms with van der Waals surface area (Å²) in [6.45, 7) is 6.06. The zero-order valence-corrected chi connectivity index (χ0v) is 18.0. The van der Waals surface area contributed by atoms with Crippen LogP contribution in [0.4, 0.5) is 0 Å². The van der Waals surface area contributed by atoms with Crippen LogP contribution in [0.15, 0.2) is 72.8 Å². The van der Waals surface area contributed by atoms with Crippen LogP contribution in [-0.4, -0.2) is 10.9 Å². The van der Waals surface area contributed by atoms with E-state index in [4.69, 9.17) is 16.6 Å². The van der Waals surface area contributed by atoms with Crippen molar-refractivity contribution in [3.05, 3.63) is 100 Å². The molecule has 1 atom stereocenters. The molecule has 30 heavy (non-hydrogen) atoms. The number of aryl methyl sites for hydroxylation is 2. The Morgan fingerprint density at radius 3 is 2.37 bits per heavy atom. The molecule has 3 aromatic carbocycles. The van der Waals surface area contributed by atoms with Crippen LogP contribution < -0.4 is 5.32 Å². The summed E-state index contributed by atoms with van der Waals surface area (Å²) in [7, 11) is 0. The molecule has 0 aliphatic carbocycles. The molecule has 0 bridgehead atoms. The number of hydrogen-bond acceptors (Lipinski definition) is 2. The van der Waals surface area contributed by atoms with E-state index in [-0.39, 0.29) is 11.9 Å². The highest BCUT2D eigenvalue weighted by molar-refractivity contribution is 6.30. The summed E-state index contributed by atoms with van der Waals surface area (Å²) >= 11 is 6.05. The van der Waals surface area contributed by atoms with Gasteiger partial charge in [-0.15, -0.1) is 0 Å². The fourth-order valence-corrected chi connectivity index (χ4v) is 3.86. The molecule has 4 heteroatoms. The first-order valence-corrected chi connectivity index (χ1v) is 10.3. The van der Waals surface area contributed by atoms with Crippen LogP contribution in [0.2, 0.25) is 5.02 Å². The standard InChI is InChI=1S/C26H23ClN2O/c1-16-13-17(2)25-22(14-16)23(15-24(29-25)20-9-11-21(27)12-10-20)26(30)28-18(3)19-7-5-4-6-8-19/h4-15,18H,1-3H3,(H,28,30)/t18-/m1/s1. The summed E-state index contributed by atoms with van der Waals surface area (Å²) < 4.78 is 0. The van der Waals surface area contributed by atoms with E-state index in [1.807, 2.05) is 87.5 Å². The number of benzene rings is 3. The predicted octanol–water partition coefficient (Wildman–Crippen LogP) is 6.66. The zero-order chi connectivity index (χ0) is 21.3. The topological polar surface area (TPSA) is 42.0 Å². The minimum atomic E-state index is -0.112. The average Bonchev–Trinajstić information content (AvgIpc) is 2.74. The Morgan fingerprint density at radius 1 is 0.967 bits per heavy atom. The molecule has 3 nitrogen and oxygen atoms in total. The fourth-order valence-electron chi connectivity index (χ4n) is 3.74. The molecule has 1 heterocycles. The van der Waals surface area contributed by atoms with Gasteiger partial charge in [0.15, 0.2) is 0 Å². The van der Waals surface area contributed by atoms with Crippen molar-refractivity contribution in [2.24, 2.45) is 0 Å². The van der Waals surface area contributed by atoms with E-state index in [2.05, 4.69) is 11.4 Å². The molecule has 1 aromatic heterocycles. The zero-order valence-electron chi connectivity index (χ0n) is 17.2. The number of halogens is 1. The highest BCUT2D eigenvalue weighted by atomic mass is 35.5. The number of hydrogen-bond donors (Lipinski definition) is 1. The quantitative estimate of drug-likeness (QED) is 0.405. The van der Waals surface area contributed by atoms with Gasteiger partial charge in [0.2, 0.25) is 0 Å². The molecule has 1 N–H and O–H groups in total. The van der Waals surface area contributed by atoms with Gasteiger partial charge in [-0.05, 0) is 56.2 Å². The summed E-state index contributed by atoms with van der Waals surface area (Å²) in [5.74, 6) is -0.112. The third-order valence-electron chi connectivity index (χ3n) is 5.28. The first-order valence-electron chi connectivity index (χ1n) is 9.96. The minimum Gasteiger partial charge on any atom is -0.345 e.